The van der Waals surface area contributed by atoms with E-state index in [1.54, 1.807) is 0 Å². The second-order valence-corrected chi connectivity index (χ2v) is 9.44. The highest BCUT2D eigenvalue weighted by molar-refractivity contribution is 6.34. The SMILES string of the molecule is CC(C)CC(=O)N1C[C@H](F)[C@H](NC(=O)c2cc(-c3cc(C(F)(F)F)c4c(N)ncnn34)ccc2Cl)C1. The van der Waals surface area contributed by atoms with Crippen molar-refractivity contribution in [3.05, 3.63) is 46.7 Å². The second-order valence-electron chi connectivity index (χ2n) is 9.03. The zero-order valence-corrected chi connectivity index (χ0v) is 20.1. The zero-order chi connectivity index (χ0) is 26.4. The van der Waals surface area contributed by atoms with Gasteiger partial charge in [-0.05, 0) is 24.1 Å². The van der Waals surface area contributed by atoms with Gasteiger partial charge in [-0.1, -0.05) is 31.5 Å². The van der Waals surface area contributed by atoms with E-state index in [-0.39, 0.29) is 59.0 Å². The number of halogens is 5. The van der Waals surface area contributed by atoms with E-state index in [9.17, 15) is 27.2 Å². The number of aromatic nitrogens is 3. The Morgan fingerprint density at radius 2 is 1.97 bits per heavy atom. The van der Waals surface area contributed by atoms with Crippen LogP contribution in [-0.2, 0) is 11.0 Å². The normalized spacial score (nSPS) is 18.3. The van der Waals surface area contributed by atoms with Crippen LogP contribution in [0.4, 0.5) is 23.4 Å². The van der Waals surface area contributed by atoms with Gasteiger partial charge in [-0.25, -0.2) is 13.9 Å². The molecule has 2 amide bonds. The number of nitrogens with one attached hydrogen (secondary N) is 1. The van der Waals surface area contributed by atoms with Crippen LogP contribution in [0, 0.1) is 5.92 Å². The van der Waals surface area contributed by atoms with Gasteiger partial charge >= 0.3 is 6.18 Å². The lowest BCUT2D eigenvalue weighted by Crippen LogP contribution is -2.42. The van der Waals surface area contributed by atoms with E-state index < -0.39 is 35.4 Å². The molecule has 0 radical (unpaired) electrons. The first-order valence-corrected chi connectivity index (χ1v) is 11.5. The summed E-state index contributed by atoms with van der Waals surface area (Å²) in [7, 11) is 0. The van der Waals surface area contributed by atoms with Crippen molar-refractivity contribution in [3.8, 4) is 11.3 Å². The summed E-state index contributed by atoms with van der Waals surface area (Å²) in [5.74, 6) is -1.18. The molecule has 3 N–H and O–H groups in total. The van der Waals surface area contributed by atoms with Crippen LogP contribution in [0.25, 0.3) is 16.8 Å². The summed E-state index contributed by atoms with van der Waals surface area (Å²) in [4.78, 5) is 30.3. The van der Waals surface area contributed by atoms with Crippen molar-refractivity contribution in [2.45, 2.75) is 38.7 Å². The van der Waals surface area contributed by atoms with Crippen LogP contribution in [0.3, 0.4) is 0 Å². The number of fused-ring (bicyclic) bond motifs is 1. The van der Waals surface area contributed by atoms with Gasteiger partial charge in [0, 0.05) is 18.5 Å². The molecule has 8 nitrogen and oxygen atoms in total. The van der Waals surface area contributed by atoms with E-state index in [2.05, 4.69) is 15.4 Å². The van der Waals surface area contributed by atoms with Crippen LogP contribution in [0.1, 0.15) is 36.2 Å². The van der Waals surface area contributed by atoms with Crippen molar-refractivity contribution in [2.75, 3.05) is 18.8 Å². The van der Waals surface area contributed by atoms with E-state index in [1.165, 1.54) is 23.1 Å². The number of carbonyl (C=O) groups excluding carboxylic acids is 2. The Labute approximate surface area is 208 Å². The van der Waals surface area contributed by atoms with E-state index in [0.29, 0.717) is 0 Å². The molecule has 3 heterocycles. The third-order valence-corrected chi connectivity index (χ3v) is 6.23. The van der Waals surface area contributed by atoms with Gasteiger partial charge in [0.1, 0.15) is 18.0 Å². The minimum Gasteiger partial charge on any atom is -0.382 e. The number of alkyl halides is 4. The number of nitrogen functional groups attached to an aromatic ring is 1. The number of benzene rings is 1. The summed E-state index contributed by atoms with van der Waals surface area (Å²) < 4.78 is 56.5. The predicted octanol–water partition coefficient (Wildman–Crippen LogP) is 3.98. The standard InChI is InChI=1S/C23H23ClF4N6O2/c1-11(2)5-19(35)33-8-16(25)17(9-33)32-22(36)13-6-12(3-4-15(13)24)18-7-14(23(26,27)28)20-21(29)30-10-31-34(18)20/h3-4,6-7,10-11,16-17H,5,8-9H2,1-2H3,(H,32,36)(H2,29,30,31)/t16-,17+/m0/s1. The Morgan fingerprint density at radius 3 is 2.64 bits per heavy atom. The van der Waals surface area contributed by atoms with Crippen LogP contribution >= 0.6 is 11.6 Å². The van der Waals surface area contributed by atoms with Crippen LogP contribution < -0.4 is 11.1 Å². The molecule has 1 aromatic carbocycles. The molecule has 0 aliphatic carbocycles. The minimum atomic E-state index is -4.73. The average Bonchev–Trinajstić information content (AvgIpc) is 3.35. The van der Waals surface area contributed by atoms with Gasteiger partial charge in [0.05, 0.1) is 34.4 Å². The first kappa shape index (κ1) is 25.7. The number of amides is 2. The van der Waals surface area contributed by atoms with Crippen LogP contribution in [0.5, 0.6) is 0 Å². The third kappa shape index (κ3) is 4.95. The lowest BCUT2D eigenvalue weighted by atomic mass is 10.1. The Kier molecular flexibility index (Phi) is 6.82. The molecule has 13 heteroatoms. The largest absolute Gasteiger partial charge is 0.418 e. The number of carbonyl (C=O) groups is 2. The van der Waals surface area contributed by atoms with Crippen molar-refractivity contribution < 1.29 is 27.2 Å². The predicted molar refractivity (Wildman–Crippen MR) is 125 cm³/mol. The Hall–Kier alpha value is -3.41. The molecule has 3 aromatic rings. The molecule has 0 bridgehead atoms. The number of hydrogen-bond acceptors (Lipinski definition) is 5. The maximum absolute atomic E-state index is 14.6. The van der Waals surface area contributed by atoms with Gasteiger partial charge < -0.3 is 16.0 Å². The average molecular weight is 527 g/mol. The number of nitrogens with zero attached hydrogens (tertiary/aromatic N) is 4. The maximum Gasteiger partial charge on any atom is 0.418 e. The highest BCUT2D eigenvalue weighted by atomic mass is 35.5. The molecule has 192 valence electrons. The molecule has 36 heavy (non-hydrogen) atoms. The molecular formula is C23H23ClF4N6O2. The van der Waals surface area contributed by atoms with Crippen molar-refractivity contribution in [3.63, 3.8) is 0 Å². The topological polar surface area (TPSA) is 106 Å². The molecule has 1 saturated heterocycles. The highest BCUT2D eigenvalue weighted by Crippen LogP contribution is 2.39. The third-order valence-electron chi connectivity index (χ3n) is 5.90. The lowest BCUT2D eigenvalue weighted by molar-refractivity contribution is -0.136. The quantitative estimate of drug-likeness (QED) is 0.489. The van der Waals surface area contributed by atoms with Crippen molar-refractivity contribution in [1.82, 2.24) is 24.8 Å². The summed E-state index contributed by atoms with van der Waals surface area (Å²) in [5.41, 5.74) is 4.37. The molecule has 2 aromatic heterocycles. The zero-order valence-electron chi connectivity index (χ0n) is 19.3. The van der Waals surface area contributed by atoms with Crippen molar-refractivity contribution in [1.29, 1.82) is 0 Å². The number of nitrogens with two attached hydrogens (primary N) is 1. The number of anilines is 1. The van der Waals surface area contributed by atoms with Crippen molar-refractivity contribution in [2.24, 2.45) is 5.92 Å². The Bertz CT molecular complexity index is 1330. The van der Waals surface area contributed by atoms with E-state index in [0.717, 1.165) is 16.9 Å². The smallest absolute Gasteiger partial charge is 0.382 e. The maximum atomic E-state index is 14.6. The van der Waals surface area contributed by atoms with Crippen LogP contribution in [0.2, 0.25) is 5.02 Å². The van der Waals surface area contributed by atoms with Crippen LogP contribution in [-0.4, -0.2) is 56.6 Å². The molecule has 1 fully saturated rings. The minimum absolute atomic E-state index is 0.00422. The first-order chi connectivity index (χ1) is 16.9. The Balaban J connectivity index is 1.63. The molecule has 0 spiro atoms. The van der Waals surface area contributed by atoms with Gasteiger partial charge in [-0.3, -0.25) is 9.59 Å². The van der Waals surface area contributed by atoms with Crippen LogP contribution in [0.15, 0.2) is 30.6 Å². The first-order valence-electron chi connectivity index (χ1n) is 11.1. The fourth-order valence-electron chi connectivity index (χ4n) is 4.18. The van der Waals surface area contributed by atoms with E-state index in [1.807, 2.05) is 13.8 Å². The fourth-order valence-corrected chi connectivity index (χ4v) is 4.38. The highest BCUT2D eigenvalue weighted by Gasteiger charge is 2.38. The molecule has 2 atom stereocenters. The Morgan fingerprint density at radius 1 is 1.25 bits per heavy atom. The van der Waals surface area contributed by atoms with Gasteiger partial charge in [-0.15, -0.1) is 0 Å². The van der Waals surface area contributed by atoms with E-state index >= 15 is 0 Å². The van der Waals surface area contributed by atoms with Gasteiger partial charge in [0.25, 0.3) is 5.91 Å². The summed E-state index contributed by atoms with van der Waals surface area (Å²) >= 11 is 6.21. The molecule has 0 saturated carbocycles. The molecule has 0 unspecified atom stereocenters. The molecule has 4 rings (SSSR count). The molecular weight excluding hydrogens is 504 g/mol. The summed E-state index contributed by atoms with van der Waals surface area (Å²) in [6, 6.07) is 3.98. The summed E-state index contributed by atoms with van der Waals surface area (Å²) in [6.45, 7) is 3.62. The molecule has 1 aliphatic rings. The lowest BCUT2D eigenvalue weighted by Gasteiger charge is -2.18. The number of rotatable bonds is 5. The van der Waals surface area contributed by atoms with Gasteiger partial charge in [-0.2, -0.15) is 18.3 Å². The number of likely N-dealkylation sites (tertiary alicyclic amines) is 1. The van der Waals surface area contributed by atoms with E-state index in [4.69, 9.17) is 17.3 Å². The van der Waals surface area contributed by atoms with Gasteiger partial charge in [0.15, 0.2) is 5.82 Å². The summed E-state index contributed by atoms with van der Waals surface area (Å²) in [6.07, 6.45) is -4.92. The second kappa shape index (κ2) is 9.57. The summed E-state index contributed by atoms with van der Waals surface area (Å²) in [5, 5.41) is 6.46. The van der Waals surface area contributed by atoms with Gasteiger partial charge in [0.2, 0.25) is 5.91 Å². The molecule has 1 aliphatic heterocycles. The number of hydrogen-bond donors (Lipinski definition) is 2. The van der Waals surface area contributed by atoms with Crippen molar-refractivity contribution >= 4 is 34.7 Å². The monoisotopic (exact) mass is 526 g/mol. The fraction of sp³-hybridized carbons (Fsp3) is 0.391.